The van der Waals surface area contributed by atoms with Crippen LogP contribution in [-0.2, 0) is 4.79 Å². The quantitative estimate of drug-likeness (QED) is 0.345. The molecule has 11 heavy (non-hydrogen) atoms. The smallest absolute Gasteiger partial charge is 0.230 e. The Morgan fingerprint density at radius 3 is 2.73 bits per heavy atom. The first-order valence-corrected chi connectivity index (χ1v) is 3.42. The summed E-state index contributed by atoms with van der Waals surface area (Å²) in [5, 5.41) is 9.75. The molecule has 0 aliphatic carbocycles. The second-order valence-electron chi connectivity index (χ2n) is 2.26. The maximum Gasteiger partial charge on any atom is 0.230 e. The molecule has 0 aliphatic heterocycles. The molecule has 0 rings (SSSR count). The molecule has 0 N–H and O–H groups in total. The van der Waals surface area contributed by atoms with E-state index in [1.807, 2.05) is 0 Å². The van der Waals surface area contributed by atoms with Crippen molar-refractivity contribution < 1.29 is 9.72 Å². The van der Waals surface area contributed by atoms with Crippen LogP contribution in [0.1, 0.15) is 26.2 Å². The van der Waals surface area contributed by atoms with Crippen molar-refractivity contribution in [1.29, 1.82) is 0 Å². The Labute approximate surface area is 65.1 Å². The molecule has 4 nitrogen and oxygen atoms in total. The van der Waals surface area contributed by atoms with Crippen LogP contribution in [0, 0.1) is 10.1 Å². The Morgan fingerprint density at radius 2 is 2.27 bits per heavy atom. The Morgan fingerprint density at radius 1 is 1.64 bits per heavy atom. The van der Waals surface area contributed by atoms with Gasteiger partial charge in [0.15, 0.2) is 0 Å². The van der Waals surface area contributed by atoms with Gasteiger partial charge in [-0.3, -0.25) is 10.1 Å². The fourth-order valence-electron chi connectivity index (χ4n) is 0.629. The van der Waals surface area contributed by atoms with E-state index >= 15 is 0 Å². The van der Waals surface area contributed by atoms with Gasteiger partial charge in [-0.15, -0.1) is 0 Å². The fourth-order valence-corrected chi connectivity index (χ4v) is 0.629. The Kier molecular flexibility index (Phi) is 4.98. The first-order chi connectivity index (χ1) is 5.13. The van der Waals surface area contributed by atoms with Crippen molar-refractivity contribution >= 4 is 5.78 Å². The summed E-state index contributed by atoms with van der Waals surface area (Å²) >= 11 is 0. The Bertz CT molecular complexity index is 175. The van der Waals surface area contributed by atoms with Gasteiger partial charge in [-0.2, -0.15) is 0 Å². The lowest BCUT2D eigenvalue weighted by Gasteiger charge is -1.88. The summed E-state index contributed by atoms with van der Waals surface area (Å²) in [6.45, 7) is 1.51. The van der Waals surface area contributed by atoms with Gasteiger partial charge in [-0.25, -0.2) is 0 Å². The fraction of sp³-hybridized carbons (Fsp3) is 0.571. The first kappa shape index (κ1) is 9.81. The summed E-state index contributed by atoms with van der Waals surface area (Å²) in [7, 11) is 0. The van der Waals surface area contributed by atoms with Crippen molar-refractivity contribution in [3.63, 3.8) is 0 Å². The molecule has 62 valence electrons. The predicted molar refractivity (Wildman–Crippen MR) is 40.7 cm³/mol. The third kappa shape index (κ3) is 8.81. The summed E-state index contributed by atoms with van der Waals surface area (Å²) in [5.41, 5.74) is 0. The van der Waals surface area contributed by atoms with Crippen molar-refractivity contribution in [2.45, 2.75) is 26.2 Å². The normalized spacial score (nSPS) is 10.3. The number of rotatable bonds is 5. The third-order valence-electron chi connectivity index (χ3n) is 1.13. The molecule has 0 saturated carbocycles. The number of Topliss-reactive ketones (excluding diaryl/α,β-unsaturated/α-hetero) is 1. The number of hydrogen-bond acceptors (Lipinski definition) is 3. The summed E-state index contributed by atoms with van der Waals surface area (Å²) in [6, 6.07) is 0. The van der Waals surface area contributed by atoms with Crippen LogP contribution >= 0.6 is 0 Å². The number of unbranched alkanes of at least 4 members (excludes halogenated alkanes) is 1. The Balaban J connectivity index is 3.27. The second kappa shape index (κ2) is 5.58. The summed E-state index contributed by atoms with van der Waals surface area (Å²) in [4.78, 5) is 19.6. The van der Waals surface area contributed by atoms with E-state index in [9.17, 15) is 14.9 Å². The largest absolute Gasteiger partial charge is 0.300 e. The lowest BCUT2D eigenvalue weighted by atomic mass is 10.2. The average Bonchev–Trinajstić information content (AvgIpc) is 1.85. The predicted octanol–water partition coefficient (Wildman–Crippen LogP) is 1.54. The number of nitro groups is 1. The van der Waals surface area contributed by atoms with E-state index in [2.05, 4.69) is 0 Å². The van der Waals surface area contributed by atoms with Crippen molar-refractivity contribution in [2.24, 2.45) is 0 Å². The van der Waals surface area contributed by atoms with Gasteiger partial charge in [-0.05, 0) is 25.8 Å². The molecule has 0 fully saturated rings. The number of carbonyl (C=O) groups excluding carboxylic acids is 1. The summed E-state index contributed by atoms with van der Waals surface area (Å²) < 4.78 is 0. The number of allylic oxidation sites excluding steroid dienone is 1. The van der Waals surface area contributed by atoms with Crippen molar-refractivity contribution in [2.75, 3.05) is 0 Å². The van der Waals surface area contributed by atoms with Gasteiger partial charge >= 0.3 is 0 Å². The molecule has 0 aliphatic rings. The average molecular weight is 157 g/mol. The van der Waals surface area contributed by atoms with Crippen molar-refractivity contribution in [3.8, 4) is 0 Å². The molecule has 0 amide bonds. The van der Waals surface area contributed by atoms with Crippen LogP contribution in [0.4, 0.5) is 0 Å². The molecule has 0 radical (unpaired) electrons. The molecule has 0 spiro atoms. The molecule has 0 aromatic carbocycles. The van der Waals surface area contributed by atoms with Gasteiger partial charge in [0.05, 0.1) is 4.92 Å². The molecule has 0 atom stereocenters. The van der Waals surface area contributed by atoms with Crippen LogP contribution in [0.25, 0.3) is 0 Å². The maximum atomic E-state index is 10.4. The topological polar surface area (TPSA) is 60.2 Å². The lowest BCUT2D eigenvalue weighted by Crippen LogP contribution is -1.88. The first-order valence-electron chi connectivity index (χ1n) is 3.42. The highest BCUT2D eigenvalue weighted by atomic mass is 16.6. The van der Waals surface area contributed by atoms with Gasteiger partial charge in [0.1, 0.15) is 5.78 Å². The maximum absolute atomic E-state index is 10.4. The molecule has 0 heterocycles. The molecular weight excluding hydrogens is 146 g/mol. The highest BCUT2D eigenvalue weighted by molar-refractivity contribution is 5.75. The van der Waals surface area contributed by atoms with E-state index in [-0.39, 0.29) is 5.78 Å². The highest BCUT2D eigenvalue weighted by Gasteiger charge is 1.91. The van der Waals surface area contributed by atoms with Crippen molar-refractivity contribution in [3.05, 3.63) is 22.4 Å². The van der Waals surface area contributed by atoms with Crippen LogP contribution < -0.4 is 0 Å². The SMILES string of the molecule is CC(=O)CCC/C=C/[N+](=O)[O-]. The minimum atomic E-state index is -0.506. The monoisotopic (exact) mass is 157 g/mol. The van der Waals surface area contributed by atoms with Crippen LogP contribution in [-0.4, -0.2) is 10.7 Å². The molecule has 0 bridgehead atoms. The molecule has 4 heteroatoms. The number of carbonyl (C=O) groups is 1. The second-order valence-corrected chi connectivity index (χ2v) is 2.26. The lowest BCUT2D eigenvalue weighted by molar-refractivity contribution is -0.402. The van der Waals surface area contributed by atoms with Crippen LogP contribution in [0.15, 0.2) is 12.3 Å². The summed E-state index contributed by atoms with van der Waals surface area (Å²) in [5.74, 6) is 0.125. The van der Waals surface area contributed by atoms with E-state index in [0.717, 1.165) is 6.20 Å². The zero-order chi connectivity index (χ0) is 8.69. The van der Waals surface area contributed by atoms with Gasteiger partial charge in [0.25, 0.3) is 0 Å². The standard InChI is InChI=1S/C7H11NO3/c1-7(9)5-3-2-4-6-8(10)11/h4,6H,2-3,5H2,1H3/b6-4+. The zero-order valence-corrected chi connectivity index (χ0v) is 6.45. The van der Waals surface area contributed by atoms with Gasteiger partial charge < -0.3 is 4.79 Å². The van der Waals surface area contributed by atoms with E-state index in [0.29, 0.717) is 19.3 Å². The van der Waals surface area contributed by atoms with Gasteiger partial charge in [-0.1, -0.05) is 0 Å². The molecule has 0 unspecified atom stereocenters. The van der Waals surface area contributed by atoms with Gasteiger partial charge in [0.2, 0.25) is 6.20 Å². The van der Waals surface area contributed by atoms with E-state index < -0.39 is 4.92 Å². The minimum absolute atomic E-state index is 0.125. The molecule has 0 aromatic rings. The van der Waals surface area contributed by atoms with E-state index in [1.54, 1.807) is 0 Å². The third-order valence-corrected chi connectivity index (χ3v) is 1.13. The minimum Gasteiger partial charge on any atom is -0.300 e. The van der Waals surface area contributed by atoms with E-state index in [1.165, 1.54) is 13.0 Å². The summed E-state index contributed by atoms with van der Waals surface area (Å²) in [6.07, 6.45) is 4.16. The van der Waals surface area contributed by atoms with Crippen LogP contribution in [0.3, 0.4) is 0 Å². The van der Waals surface area contributed by atoms with Crippen LogP contribution in [0.2, 0.25) is 0 Å². The van der Waals surface area contributed by atoms with Crippen molar-refractivity contribution in [1.82, 2.24) is 0 Å². The van der Waals surface area contributed by atoms with E-state index in [4.69, 9.17) is 0 Å². The Hall–Kier alpha value is -1.19. The zero-order valence-electron chi connectivity index (χ0n) is 6.45. The number of hydrogen-bond donors (Lipinski definition) is 0. The van der Waals surface area contributed by atoms with Gasteiger partial charge in [0, 0.05) is 6.42 Å². The number of ketones is 1. The molecular formula is C7H11NO3. The molecule has 0 saturated heterocycles. The number of nitrogens with zero attached hydrogens (tertiary/aromatic N) is 1. The highest BCUT2D eigenvalue weighted by Crippen LogP contribution is 1.96. The molecule has 0 aromatic heterocycles. The van der Waals surface area contributed by atoms with Crippen LogP contribution in [0.5, 0.6) is 0 Å².